The number of carbonyl (C=O) groups is 3. The highest BCUT2D eigenvalue weighted by Gasteiger charge is 2.26. The summed E-state index contributed by atoms with van der Waals surface area (Å²) >= 11 is 0. The molecular weight excluding hydrogens is 324 g/mol. The first kappa shape index (κ1) is 24.0. The van der Waals surface area contributed by atoms with Crippen LogP contribution >= 0.6 is 0 Å². The number of hydrogen-bond acceptors (Lipinski definition) is 6. The quantitative estimate of drug-likeness (QED) is 0.294. The number of rotatable bonds is 10. The monoisotopic (exact) mass is 348 g/mol. The van der Waals surface area contributed by atoms with Gasteiger partial charge >= 0.3 is 17.9 Å². The fourth-order valence-electron chi connectivity index (χ4n) is 1.33. The van der Waals surface area contributed by atoms with Crippen molar-refractivity contribution < 1.29 is 45.0 Å². The lowest BCUT2D eigenvalue weighted by molar-refractivity contribution is -0.139. The normalized spacial score (nSPS) is 11.2. The van der Waals surface area contributed by atoms with Gasteiger partial charge in [-0.3, -0.25) is 4.79 Å². The smallest absolute Gasteiger partial charge is 0.331 e. The van der Waals surface area contributed by atoms with Crippen LogP contribution in [0.2, 0.25) is 0 Å². The van der Waals surface area contributed by atoms with E-state index >= 15 is 0 Å². The van der Waals surface area contributed by atoms with E-state index in [0.717, 1.165) is 0 Å². The lowest BCUT2D eigenvalue weighted by atomic mass is 9.85. The molecule has 24 heavy (non-hydrogen) atoms. The van der Waals surface area contributed by atoms with Crippen molar-refractivity contribution in [3.05, 3.63) is 23.8 Å². The lowest BCUT2D eigenvalue weighted by Crippen LogP contribution is -2.33. The molecule has 0 radical (unpaired) electrons. The van der Waals surface area contributed by atoms with Crippen molar-refractivity contribution in [3.63, 3.8) is 0 Å². The second kappa shape index (κ2) is 12.2. The molecule has 0 amide bonds. The summed E-state index contributed by atoms with van der Waals surface area (Å²) in [7, 11) is 0. The van der Waals surface area contributed by atoms with E-state index in [2.05, 4.69) is 6.58 Å². The Kier molecular flexibility index (Phi) is 12.2. The SMILES string of the molecule is C=C(CC(=O)O)C(=O)O.CC(=CCCC(CO)(CO)CO)C(=O)O. The number of aliphatic hydroxyl groups is 3. The fourth-order valence-corrected chi connectivity index (χ4v) is 1.33. The van der Waals surface area contributed by atoms with Gasteiger partial charge in [-0.25, -0.2) is 9.59 Å². The third kappa shape index (κ3) is 10.5. The van der Waals surface area contributed by atoms with Crippen LogP contribution in [0.3, 0.4) is 0 Å². The Morgan fingerprint density at radius 1 is 0.958 bits per heavy atom. The third-order valence-corrected chi connectivity index (χ3v) is 3.14. The molecule has 0 aromatic heterocycles. The zero-order chi connectivity index (χ0) is 19.3. The molecule has 0 aromatic rings. The topological polar surface area (TPSA) is 173 Å². The average Bonchev–Trinajstić information content (AvgIpc) is 2.51. The van der Waals surface area contributed by atoms with Crippen molar-refractivity contribution in [2.45, 2.75) is 26.2 Å². The predicted molar refractivity (Wildman–Crippen MR) is 83.3 cm³/mol. The van der Waals surface area contributed by atoms with Gasteiger partial charge in [-0.05, 0) is 19.8 Å². The number of allylic oxidation sites excluding steroid dienone is 1. The maximum absolute atomic E-state index is 10.4. The maximum atomic E-state index is 10.4. The van der Waals surface area contributed by atoms with Gasteiger partial charge in [0.1, 0.15) is 0 Å². The number of carboxylic acids is 3. The molecule has 0 saturated carbocycles. The van der Waals surface area contributed by atoms with Crippen LogP contribution in [0.15, 0.2) is 23.8 Å². The van der Waals surface area contributed by atoms with E-state index in [9.17, 15) is 14.4 Å². The first-order valence-electron chi connectivity index (χ1n) is 6.90. The number of carboxylic acid groups (broad SMARTS) is 3. The van der Waals surface area contributed by atoms with Crippen LogP contribution in [0.25, 0.3) is 0 Å². The van der Waals surface area contributed by atoms with Gasteiger partial charge in [0.2, 0.25) is 0 Å². The fraction of sp³-hybridized carbons (Fsp3) is 0.533. The summed E-state index contributed by atoms with van der Waals surface area (Å²) in [6.07, 6.45) is 1.76. The second-order valence-corrected chi connectivity index (χ2v) is 5.18. The van der Waals surface area contributed by atoms with E-state index in [1.807, 2.05) is 0 Å². The molecule has 0 aliphatic carbocycles. The van der Waals surface area contributed by atoms with E-state index < -0.39 is 29.7 Å². The summed E-state index contributed by atoms with van der Waals surface area (Å²) in [6.45, 7) is 3.53. The van der Waals surface area contributed by atoms with Crippen LogP contribution in [-0.4, -0.2) is 68.4 Å². The Bertz CT molecular complexity index is 467. The van der Waals surface area contributed by atoms with Crippen molar-refractivity contribution >= 4 is 17.9 Å². The number of aliphatic hydroxyl groups excluding tert-OH is 3. The molecule has 0 aliphatic heterocycles. The van der Waals surface area contributed by atoms with E-state index in [1.165, 1.54) is 13.0 Å². The Balaban J connectivity index is 0. The van der Waals surface area contributed by atoms with Crippen LogP contribution in [0, 0.1) is 5.41 Å². The molecule has 0 heterocycles. The molecule has 0 unspecified atom stereocenters. The minimum absolute atomic E-state index is 0.220. The highest BCUT2D eigenvalue weighted by atomic mass is 16.4. The summed E-state index contributed by atoms with van der Waals surface area (Å²) in [5.41, 5.74) is -1.00. The molecule has 0 saturated heterocycles. The summed E-state index contributed by atoms with van der Waals surface area (Å²) < 4.78 is 0. The minimum atomic E-state index is -1.27. The van der Waals surface area contributed by atoms with Gasteiger partial charge in [0.15, 0.2) is 0 Å². The minimum Gasteiger partial charge on any atom is -0.481 e. The summed E-state index contributed by atoms with van der Waals surface area (Å²) in [4.78, 5) is 30.1. The van der Waals surface area contributed by atoms with Gasteiger partial charge in [0.25, 0.3) is 0 Å². The van der Waals surface area contributed by atoms with Crippen LogP contribution in [0.4, 0.5) is 0 Å². The van der Waals surface area contributed by atoms with Gasteiger partial charge in [-0.2, -0.15) is 0 Å². The highest BCUT2D eigenvalue weighted by molar-refractivity contribution is 5.91. The van der Waals surface area contributed by atoms with Crippen molar-refractivity contribution in [2.24, 2.45) is 5.41 Å². The number of hydrogen-bond donors (Lipinski definition) is 6. The lowest BCUT2D eigenvalue weighted by Gasteiger charge is -2.26. The summed E-state index contributed by atoms with van der Waals surface area (Å²) in [5.74, 6) is -3.43. The Morgan fingerprint density at radius 3 is 1.67 bits per heavy atom. The molecular formula is C15H24O9. The molecule has 6 N–H and O–H groups in total. The zero-order valence-corrected chi connectivity index (χ0v) is 13.4. The van der Waals surface area contributed by atoms with Gasteiger partial charge < -0.3 is 30.6 Å². The van der Waals surface area contributed by atoms with Crippen LogP contribution in [0.1, 0.15) is 26.2 Å². The highest BCUT2D eigenvalue weighted by Crippen LogP contribution is 2.22. The van der Waals surface area contributed by atoms with Crippen molar-refractivity contribution in [1.82, 2.24) is 0 Å². The molecule has 138 valence electrons. The second-order valence-electron chi connectivity index (χ2n) is 5.18. The summed E-state index contributed by atoms with van der Waals surface area (Å²) in [6, 6.07) is 0. The first-order chi connectivity index (χ1) is 11.0. The molecule has 0 atom stereocenters. The van der Waals surface area contributed by atoms with E-state index in [-0.39, 0.29) is 31.0 Å². The van der Waals surface area contributed by atoms with Crippen molar-refractivity contribution in [2.75, 3.05) is 19.8 Å². The molecule has 0 aromatic carbocycles. The average molecular weight is 348 g/mol. The molecule has 0 fully saturated rings. The van der Waals surface area contributed by atoms with Crippen molar-refractivity contribution in [1.29, 1.82) is 0 Å². The zero-order valence-electron chi connectivity index (χ0n) is 13.4. The molecule has 9 nitrogen and oxygen atoms in total. The van der Waals surface area contributed by atoms with Crippen molar-refractivity contribution in [3.8, 4) is 0 Å². The standard InChI is InChI=1S/C10H18O5.C5H6O4/c1-8(9(14)15)3-2-4-10(5-11,6-12)7-13;1-3(5(8)9)2-4(6)7/h3,11-13H,2,4-7H2,1H3,(H,14,15);1-2H2,(H,6,7)(H,8,9). The number of aliphatic carboxylic acids is 3. The Morgan fingerprint density at radius 2 is 1.42 bits per heavy atom. The molecule has 0 aliphatic rings. The van der Waals surface area contributed by atoms with Crippen LogP contribution in [0.5, 0.6) is 0 Å². The summed E-state index contributed by atoms with van der Waals surface area (Å²) in [5, 5.41) is 51.6. The third-order valence-electron chi connectivity index (χ3n) is 3.14. The maximum Gasteiger partial charge on any atom is 0.331 e. The molecule has 9 heteroatoms. The largest absolute Gasteiger partial charge is 0.481 e. The Labute approximate surface area is 139 Å². The van der Waals surface area contributed by atoms with Gasteiger partial charge in [0, 0.05) is 16.6 Å². The molecule has 0 rings (SSSR count). The van der Waals surface area contributed by atoms with E-state index in [1.54, 1.807) is 0 Å². The van der Waals surface area contributed by atoms with Gasteiger partial charge in [-0.15, -0.1) is 0 Å². The van der Waals surface area contributed by atoms with Crippen LogP contribution < -0.4 is 0 Å². The molecule has 0 bridgehead atoms. The van der Waals surface area contributed by atoms with E-state index in [4.69, 9.17) is 30.6 Å². The van der Waals surface area contributed by atoms with Gasteiger partial charge in [0.05, 0.1) is 26.2 Å². The Hall–Kier alpha value is -2.23. The predicted octanol–water partition coefficient (Wildman–Crippen LogP) is -0.137. The van der Waals surface area contributed by atoms with Crippen LogP contribution in [-0.2, 0) is 14.4 Å². The van der Waals surface area contributed by atoms with Gasteiger partial charge in [-0.1, -0.05) is 12.7 Å². The first-order valence-corrected chi connectivity index (χ1v) is 6.90. The van der Waals surface area contributed by atoms with E-state index in [0.29, 0.717) is 12.8 Å². The molecule has 0 spiro atoms.